The quantitative estimate of drug-likeness (QED) is 0.148. The number of fused-ring (bicyclic) bond motifs is 5. The maximum absolute atomic E-state index is 2.47. The first-order valence-electron chi connectivity index (χ1n) is 22.2. The van der Waals surface area contributed by atoms with E-state index >= 15 is 0 Å². The molecule has 0 aromatic heterocycles. The molecule has 0 radical (unpaired) electrons. The zero-order valence-corrected chi connectivity index (χ0v) is 35.3. The molecule has 11 aromatic rings. The number of rotatable bonds is 8. The van der Waals surface area contributed by atoms with Gasteiger partial charge in [-0.05, 0) is 125 Å². The van der Waals surface area contributed by atoms with E-state index < -0.39 is 5.41 Å². The van der Waals surface area contributed by atoms with Crippen LogP contribution >= 0.6 is 0 Å². The third-order valence-corrected chi connectivity index (χ3v) is 13.3. The third-order valence-electron chi connectivity index (χ3n) is 13.3. The Labute approximate surface area is 374 Å². The molecule has 12 rings (SSSR count). The summed E-state index contributed by atoms with van der Waals surface area (Å²) >= 11 is 0. The van der Waals surface area contributed by atoms with Crippen LogP contribution < -0.4 is 4.90 Å². The van der Waals surface area contributed by atoms with Crippen LogP contribution in [0.4, 0.5) is 17.1 Å². The molecule has 64 heavy (non-hydrogen) atoms. The topological polar surface area (TPSA) is 3.24 Å². The zero-order valence-electron chi connectivity index (χ0n) is 35.3. The molecule has 0 heterocycles. The van der Waals surface area contributed by atoms with Crippen molar-refractivity contribution < 1.29 is 0 Å². The molecule has 300 valence electrons. The Morgan fingerprint density at radius 1 is 0.281 bits per heavy atom. The standard InChI is InChI=1S/C63H43N/c1-3-24-52(25-4-1)63(53-26-5-2-6-27-53)59-32-12-11-30-58(59)62-60(63)33-16-34-61(62)64(55-28-14-22-49(43-55)50-36-35-44-17-7-8-19-47(44)41-50)54-39-37-45(38-40-54)48-21-13-23-51(42-48)57-31-15-20-46-18-9-10-29-56(46)57/h1-43H. The molecule has 0 N–H and O–H groups in total. The highest BCUT2D eigenvalue weighted by Crippen LogP contribution is 2.59. The first kappa shape index (κ1) is 37.5. The molecule has 1 heteroatoms. The van der Waals surface area contributed by atoms with Crippen LogP contribution in [0.3, 0.4) is 0 Å². The van der Waals surface area contributed by atoms with E-state index in [1.807, 2.05) is 0 Å². The second-order valence-corrected chi connectivity index (χ2v) is 16.8. The first-order chi connectivity index (χ1) is 31.7. The Balaban J connectivity index is 1.05. The van der Waals surface area contributed by atoms with Crippen molar-refractivity contribution in [3.05, 3.63) is 283 Å². The lowest BCUT2D eigenvalue weighted by molar-refractivity contribution is 0.768. The highest BCUT2D eigenvalue weighted by molar-refractivity contribution is 5.99. The van der Waals surface area contributed by atoms with Gasteiger partial charge in [0.1, 0.15) is 0 Å². The molecular formula is C63H43N. The number of benzene rings is 11. The molecule has 0 bridgehead atoms. The van der Waals surface area contributed by atoms with Crippen molar-refractivity contribution in [1.29, 1.82) is 0 Å². The molecule has 11 aromatic carbocycles. The van der Waals surface area contributed by atoms with Crippen LogP contribution in [-0.2, 0) is 5.41 Å². The normalized spacial score (nSPS) is 12.5. The van der Waals surface area contributed by atoms with E-state index in [0.717, 1.165) is 17.1 Å². The monoisotopic (exact) mass is 813 g/mol. The maximum Gasteiger partial charge on any atom is 0.0714 e. The number of hydrogen-bond donors (Lipinski definition) is 0. The summed E-state index contributed by atoms with van der Waals surface area (Å²) in [5, 5.41) is 4.99. The molecule has 0 amide bonds. The van der Waals surface area contributed by atoms with E-state index in [0.29, 0.717) is 0 Å². The van der Waals surface area contributed by atoms with Gasteiger partial charge in [0.2, 0.25) is 0 Å². The fraction of sp³-hybridized carbons (Fsp3) is 0.0159. The molecule has 0 aliphatic heterocycles. The summed E-state index contributed by atoms with van der Waals surface area (Å²) in [6, 6.07) is 95.9. The summed E-state index contributed by atoms with van der Waals surface area (Å²) in [6.45, 7) is 0. The number of hydrogen-bond acceptors (Lipinski definition) is 1. The van der Waals surface area contributed by atoms with E-state index in [1.165, 1.54) is 88.3 Å². The lowest BCUT2D eigenvalue weighted by atomic mass is 9.68. The summed E-state index contributed by atoms with van der Waals surface area (Å²) in [6.07, 6.45) is 0. The van der Waals surface area contributed by atoms with E-state index in [-0.39, 0.29) is 0 Å². The molecule has 0 fully saturated rings. The van der Waals surface area contributed by atoms with Gasteiger partial charge in [-0.15, -0.1) is 0 Å². The van der Waals surface area contributed by atoms with Gasteiger partial charge in [0.05, 0.1) is 11.1 Å². The molecule has 0 unspecified atom stereocenters. The summed E-state index contributed by atoms with van der Waals surface area (Å²) in [5.74, 6) is 0. The lowest BCUT2D eigenvalue weighted by Gasteiger charge is -2.34. The summed E-state index contributed by atoms with van der Waals surface area (Å²) in [5.41, 5.74) is 17.6. The molecule has 0 spiro atoms. The molecule has 0 atom stereocenters. The minimum atomic E-state index is -0.512. The van der Waals surface area contributed by atoms with Gasteiger partial charge < -0.3 is 4.90 Å². The van der Waals surface area contributed by atoms with E-state index in [4.69, 9.17) is 0 Å². The van der Waals surface area contributed by atoms with Crippen molar-refractivity contribution in [2.24, 2.45) is 0 Å². The summed E-state index contributed by atoms with van der Waals surface area (Å²) in [4.78, 5) is 2.47. The van der Waals surface area contributed by atoms with Gasteiger partial charge in [-0.1, -0.05) is 218 Å². The first-order valence-corrected chi connectivity index (χ1v) is 22.2. The minimum Gasteiger partial charge on any atom is -0.310 e. The van der Waals surface area contributed by atoms with E-state index in [2.05, 4.69) is 266 Å². The number of anilines is 3. The molecular weight excluding hydrogens is 771 g/mol. The van der Waals surface area contributed by atoms with Crippen LogP contribution in [0.15, 0.2) is 261 Å². The Morgan fingerprint density at radius 3 is 1.62 bits per heavy atom. The summed E-state index contributed by atoms with van der Waals surface area (Å²) in [7, 11) is 0. The van der Waals surface area contributed by atoms with Gasteiger partial charge in [-0.2, -0.15) is 0 Å². The van der Waals surface area contributed by atoms with Gasteiger partial charge >= 0.3 is 0 Å². The van der Waals surface area contributed by atoms with Crippen molar-refractivity contribution in [2.75, 3.05) is 4.90 Å². The molecule has 0 saturated carbocycles. The Bertz CT molecular complexity index is 3450. The summed E-state index contributed by atoms with van der Waals surface area (Å²) < 4.78 is 0. The van der Waals surface area contributed by atoms with Crippen LogP contribution in [-0.4, -0.2) is 0 Å². The highest BCUT2D eigenvalue weighted by Gasteiger charge is 2.47. The average Bonchev–Trinajstić information content (AvgIpc) is 3.69. The van der Waals surface area contributed by atoms with Crippen LogP contribution in [0.5, 0.6) is 0 Å². The smallest absolute Gasteiger partial charge is 0.0714 e. The Morgan fingerprint density at radius 2 is 0.828 bits per heavy atom. The van der Waals surface area contributed by atoms with Crippen LogP contribution in [0.1, 0.15) is 22.3 Å². The van der Waals surface area contributed by atoms with Gasteiger partial charge in [-0.25, -0.2) is 0 Å². The second-order valence-electron chi connectivity index (χ2n) is 16.8. The van der Waals surface area contributed by atoms with Crippen molar-refractivity contribution in [1.82, 2.24) is 0 Å². The Hall–Kier alpha value is -8.26. The second kappa shape index (κ2) is 15.6. The predicted molar refractivity (Wildman–Crippen MR) is 270 cm³/mol. The zero-order chi connectivity index (χ0) is 42.5. The molecule has 1 aliphatic rings. The fourth-order valence-corrected chi connectivity index (χ4v) is 10.4. The van der Waals surface area contributed by atoms with Gasteiger partial charge in [-0.3, -0.25) is 0 Å². The maximum atomic E-state index is 2.47. The van der Waals surface area contributed by atoms with Gasteiger partial charge in [0, 0.05) is 16.9 Å². The van der Waals surface area contributed by atoms with E-state index in [9.17, 15) is 0 Å². The largest absolute Gasteiger partial charge is 0.310 e. The van der Waals surface area contributed by atoms with Gasteiger partial charge in [0.15, 0.2) is 0 Å². The van der Waals surface area contributed by atoms with Crippen molar-refractivity contribution in [2.45, 2.75) is 5.41 Å². The van der Waals surface area contributed by atoms with Crippen LogP contribution in [0.25, 0.3) is 66.1 Å². The SMILES string of the molecule is c1ccc(C2(c3ccccc3)c3ccccc3-c3c(N(c4ccc(-c5cccc(-c6cccc7ccccc67)c5)cc4)c4cccc(-c5ccc6ccccc6c5)c4)cccc32)cc1. The van der Waals surface area contributed by atoms with Crippen molar-refractivity contribution in [3.63, 3.8) is 0 Å². The lowest BCUT2D eigenvalue weighted by Crippen LogP contribution is -2.28. The Kier molecular flexibility index (Phi) is 9.13. The van der Waals surface area contributed by atoms with Gasteiger partial charge in [0.25, 0.3) is 0 Å². The highest BCUT2D eigenvalue weighted by atomic mass is 15.1. The molecule has 1 nitrogen and oxygen atoms in total. The fourth-order valence-electron chi connectivity index (χ4n) is 10.4. The minimum absolute atomic E-state index is 0.512. The van der Waals surface area contributed by atoms with Crippen LogP contribution in [0.2, 0.25) is 0 Å². The van der Waals surface area contributed by atoms with E-state index in [1.54, 1.807) is 0 Å². The van der Waals surface area contributed by atoms with Crippen molar-refractivity contribution >= 4 is 38.6 Å². The average molecular weight is 814 g/mol. The third kappa shape index (κ3) is 6.16. The van der Waals surface area contributed by atoms with Crippen molar-refractivity contribution in [3.8, 4) is 44.5 Å². The van der Waals surface area contributed by atoms with Crippen LogP contribution in [0, 0.1) is 0 Å². The number of nitrogens with zero attached hydrogens (tertiary/aromatic N) is 1. The molecule has 1 aliphatic carbocycles. The predicted octanol–water partition coefficient (Wildman–Crippen LogP) is 16.8. The molecule has 0 saturated heterocycles.